The van der Waals surface area contributed by atoms with Crippen molar-refractivity contribution in [3.8, 4) is 10.6 Å². The lowest BCUT2D eigenvalue weighted by Crippen LogP contribution is -2.50. The maximum Gasteiger partial charge on any atom is 0.270 e. The third kappa shape index (κ3) is 3.72. The molecule has 0 radical (unpaired) electrons. The summed E-state index contributed by atoms with van der Waals surface area (Å²) in [5.74, 6) is 1.33. The molecule has 5 rings (SSSR count). The second-order valence-corrected chi connectivity index (χ2v) is 9.24. The molecule has 2 aliphatic carbocycles. The highest BCUT2D eigenvalue weighted by atomic mass is 32.1. The molecule has 2 heterocycles. The summed E-state index contributed by atoms with van der Waals surface area (Å²) in [6.45, 7) is 0. The van der Waals surface area contributed by atoms with E-state index in [0.29, 0.717) is 22.6 Å². The molecule has 0 spiro atoms. The summed E-state index contributed by atoms with van der Waals surface area (Å²) in [4.78, 5) is 18.7. The number of thiocarbonyl (C=S) groups is 1. The van der Waals surface area contributed by atoms with E-state index >= 15 is 0 Å². The SMILES string of the molecule is O=C(NNC(=S)NC1CC2CCC1C2)c1cc(-c2cccs2)nc2ccccc12. The zero-order chi connectivity index (χ0) is 19.8. The van der Waals surface area contributed by atoms with Crippen LogP contribution in [0.3, 0.4) is 0 Å². The number of rotatable bonds is 3. The average Bonchev–Trinajstić information content (AvgIpc) is 3.49. The summed E-state index contributed by atoms with van der Waals surface area (Å²) in [7, 11) is 0. The van der Waals surface area contributed by atoms with Crippen LogP contribution < -0.4 is 16.2 Å². The normalized spacial score (nSPS) is 22.6. The summed E-state index contributed by atoms with van der Waals surface area (Å²) in [5.41, 5.74) is 7.83. The molecule has 148 valence electrons. The molecule has 29 heavy (non-hydrogen) atoms. The number of hydrogen-bond donors (Lipinski definition) is 3. The van der Waals surface area contributed by atoms with Gasteiger partial charge < -0.3 is 5.32 Å². The molecule has 3 aromatic rings. The first-order chi connectivity index (χ1) is 14.2. The van der Waals surface area contributed by atoms with Crippen molar-refractivity contribution in [1.29, 1.82) is 0 Å². The van der Waals surface area contributed by atoms with Gasteiger partial charge in [0.15, 0.2) is 5.11 Å². The number of aromatic nitrogens is 1. The van der Waals surface area contributed by atoms with Crippen LogP contribution >= 0.6 is 23.6 Å². The second-order valence-electron chi connectivity index (χ2n) is 7.88. The lowest BCUT2D eigenvalue weighted by atomic mass is 9.96. The number of amides is 1. The molecule has 3 N–H and O–H groups in total. The van der Waals surface area contributed by atoms with E-state index in [0.717, 1.165) is 27.4 Å². The van der Waals surface area contributed by atoms with Crippen molar-refractivity contribution in [2.24, 2.45) is 11.8 Å². The number of benzene rings is 1. The molecule has 0 aliphatic heterocycles. The molecular weight excluding hydrogens is 400 g/mol. The molecule has 2 aliphatic rings. The quantitative estimate of drug-likeness (QED) is 0.435. The molecule has 2 fully saturated rings. The standard InChI is InChI=1S/C22H22N4OS2/c27-21(25-26-22(28)24-18-11-13-7-8-14(18)10-13)16-12-19(20-6-3-9-29-20)23-17-5-2-1-4-15(16)17/h1-6,9,12-14,18H,7-8,10-11H2,(H,25,27)(H2,24,26,28). The zero-order valence-electron chi connectivity index (χ0n) is 15.9. The Kier molecular flexibility index (Phi) is 4.93. The Bertz CT molecular complexity index is 1070. The topological polar surface area (TPSA) is 66.1 Å². The maximum atomic E-state index is 13.0. The Labute approximate surface area is 178 Å². The van der Waals surface area contributed by atoms with Gasteiger partial charge in [-0.05, 0) is 66.9 Å². The number of carbonyl (C=O) groups excluding carboxylic acids is 1. The summed E-state index contributed by atoms with van der Waals surface area (Å²) < 4.78 is 0. The highest BCUT2D eigenvalue weighted by Crippen LogP contribution is 2.44. The van der Waals surface area contributed by atoms with Crippen molar-refractivity contribution in [3.05, 3.63) is 53.4 Å². The molecule has 2 bridgehead atoms. The highest BCUT2D eigenvalue weighted by Gasteiger charge is 2.39. The lowest BCUT2D eigenvalue weighted by Gasteiger charge is -2.24. The molecule has 1 amide bonds. The number of nitrogens with one attached hydrogen (secondary N) is 3. The third-order valence-corrected chi connectivity index (χ3v) is 7.19. The first kappa shape index (κ1) is 18.5. The van der Waals surface area contributed by atoms with E-state index in [-0.39, 0.29) is 5.91 Å². The summed E-state index contributed by atoms with van der Waals surface area (Å²) >= 11 is 7.02. The Morgan fingerprint density at radius 2 is 2.00 bits per heavy atom. The fourth-order valence-electron chi connectivity index (χ4n) is 4.72. The van der Waals surface area contributed by atoms with Crippen molar-refractivity contribution in [3.63, 3.8) is 0 Å². The number of hydrazine groups is 1. The number of thiophene rings is 1. The zero-order valence-corrected chi connectivity index (χ0v) is 17.5. The van der Waals surface area contributed by atoms with Gasteiger partial charge in [-0.1, -0.05) is 30.7 Å². The molecule has 3 atom stereocenters. The molecule has 2 saturated carbocycles. The number of hydrogen-bond acceptors (Lipinski definition) is 4. The first-order valence-corrected chi connectivity index (χ1v) is 11.3. The van der Waals surface area contributed by atoms with Crippen molar-refractivity contribution in [1.82, 2.24) is 21.2 Å². The number of fused-ring (bicyclic) bond motifs is 3. The van der Waals surface area contributed by atoms with Crippen LogP contribution in [0.5, 0.6) is 0 Å². The van der Waals surface area contributed by atoms with Gasteiger partial charge in [-0.25, -0.2) is 4.98 Å². The monoisotopic (exact) mass is 422 g/mol. The average molecular weight is 423 g/mol. The van der Waals surface area contributed by atoms with Gasteiger partial charge in [0.25, 0.3) is 5.91 Å². The van der Waals surface area contributed by atoms with Crippen LogP contribution in [0.15, 0.2) is 47.8 Å². The number of carbonyl (C=O) groups is 1. The predicted molar refractivity (Wildman–Crippen MR) is 121 cm³/mol. The molecule has 2 aromatic heterocycles. The van der Waals surface area contributed by atoms with Gasteiger partial charge in [0.2, 0.25) is 0 Å². The van der Waals surface area contributed by atoms with E-state index in [9.17, 15) is 4.79 Å². The van der Waals surface area contributed by atoms with Crippen LogP contribution in [-0.2, 0) is 0 Å². The minimum atomic E-state index is -0.224. The molecule has 5 nitrogen and oxygen atoms in total. The van der Waals surface area contributed by atoms with Crippen LogP contribution in [0.4, 0.5) is 0 Å². The van der Waals surface area contributed by atoms with E-state index < -0.39 is 0 Å². The summed E-state index contributed by atoms with van der Waals surface area (Å²) in [6, 6.07) is 14.0. The van der Waals surface area contributed by atoms with Crippen LogP contribution in [0.25, 0.3) is 21.5 Å². The largest absolute Gasteiger partial charge is 0.358 e. The van der Waals surface area contributed by atoms with Gasteiger partial charge in [-0.15, -0.1) is 11.3 Å². The Morgan fingerprint density at radius 1 is 1.10 bits per heavy atom. The molecule has 7 heteroatoms. The van der Waals surface area contributed by atoms with Crippen LogP contribution in [-0.4, -0.2) is 22.0 Å². The summed E-state index contributed by atoms with van der Waals surface area (Å²) in [5, 5.41) is 6.69. The van der Waals surface area contributed by atoms with Crippen LogP contribution in [0.2, 0.25) is 0 Å². The first-order valence-electron chi connectivity index (χ1n) is 9.98. The van der Waals surface area contributed by atoms with Gasteiger partial charge in [0, 0.05) is 11.4 Å². The highest BCUT2D eigenvalue weighted by molar-refractivity contribution is 7.80. The fraction of sp³-hybridized carbons (Fsp3) is 0.318. The lowest BCUT2D eigenvalue weighted by molar-refractivity contribution is 0.0945. The van der Waals surface area contributed by atoms with Gasteiger partial charge >= 0.3 is 0 Å². The Hall–Kier alpha value is -2.51. The predicted octanol–water partition coefficient (Wildman–Crippen LogP) is 4.26. The number of para-hydroxylation sites is 1. The number of pyridine rings is 1. The van der Waals surface area contributed by atoms with Crippen molar-refractivity contribution >= 4 is 45.5 Å². The van der Waals surface area contributed by atoms with E-state index in [1.807, 2.05) is 47.8 Å². The van der Waals surface area contributed by atoms with E-state index in [2.05, 4.69) is 16.2 Å². The maximum absolute atomic E-state index is 13.0. The minimum Gasteiger partial charge on any atom is -0.358 e. The van der Waals surface area contributed by atoms with Gasteiger partial charge in [-0.3, -0.25) is 15.6 Å². The summed E-state index contributed by atoms with van der Waals surface area (Å²) in [6.07, 6.45) is 5.12. The number of nitrogens with zero attached hydrogens (tertiary/aromatic N) is 1. The van der Waals surface area contributed by atoms with E-state index in [1.54, 1.807) is 11.3 Å². The van der Waals surface area contributed by atoms with E-state index in [1.165, 1.54) is 25.7 Å². The fourth-order valence-corrected chi connectivity index (χ4v) is 5.61. The Morgan fingerprint density at radius 3 is 2.76 bits per heavy atom. The van der Waals surface area contributed by atoms with E-state index in [4.69, 9.17) is 17.2 Å². The second kappa shape index (κ2) is 7.72. The van der Waals surface area contributed by atoms with Crippen molar-refractivity contribution < 1.29 is 4.79 Å². The molecule has 1 aromatic carbocycles. The molecule has 0 saturated heterocycles. The van der Waals surface area contributed by atoms with Crippen molar-refractivity contribution in [2.75, 3.05) is 0 Å². The van der Waals surface area contributed by atoms with Crippen molar-refractivity contribution in [2.45, 2.75) is 31.7 Å². The Balaban J connectivity index is 1.32. The molecular formula is C22H22N4OS2. The van der Waals surface area contributed by atoms with Gasteiger partial charge in [0.1, 0.15) is 0 Å². The van der Waals surface area contributed by atoms with Crippen LogP contribution in [0, 0.1) is 11.8 Å². The van der Waals surface area contributed by atoms with Gasteiger partial charge in [0.05, 0.1) is 21.7 Å². The third-order valence-electron chi connectivity index (χ3n) is 6.08. The van der Waals surface area contributed by atoms with Crippen LogP contribution in [0.1, 0.15) is 36.0 Å². The van der Waals surface area contributed by atoms with Gasteiger partial charge in [-0.2, -0.15) is 0 Å². The minimum absolute atomic E-state index is 0.224. The molecule has 3 unspecified atom stereocenters. The smallest absolute Gasteiger partial charge is 0.270 e.